The van der Waals surface area contributed by atoms with Crippen molar-refractivity contribution < 1.29 is 4.57 Å². The number of aromatic nitrogens is 1. The van der Waals surface area contributed by atoms with Crippen molar-refractivity contribution in [1.29, 1.82) is 0 Å². The number of hydrogen-bond acceptors (Lipinski definition) is 0. The number of pyridine rings is 1. The Morgan fingerprint density at radius 2 is 1.79 bits per heavy atom. The van der Waals surface area contributed by atoms with Gasteiger partial charge in [-0.25, -0.2) is 0 Å². The van der Waals surface area contributed by atoms with Crippen LogP contribution in [0.1, 0.15) is 74.6 Å². The van der Waals surface area contributed by atoms with Gasteiger partial charge in [0.15, 0.2) is 5.54 Å². The molecule has 1 atom stereocenters. The van der Waals surface area contributed by atoms with E-state index >= 15 is 0 Å². The molecular weight excluding hydrogens is 350 g/mol. The summed E-state index contributed by atoms with van der Waals surface area (Å²) in [4.78, 5) is 0. The lowest BCUT2D eigenvalue weighted by molar-refractivity contribution is -0.718. The molecule has 148 valence electrons. The number of allylic oxidation sites excluding steroid dienone is 1. The summed E-state index contributed by atoms with van der Waals surface area (Å²) in [6.07, 6.45) is 5.70. The van der Waals surface area contributed by atoms with Crippen LogP contribution < -0.4 is 4.57 Å². The molecule has 0 spiro atoms. The van der Waals surface area contributed by atoms with Gasteiger partial charge in [0, 0.05) is 41.5 Å². The zero-order valence-electron chi connectivity index (χ0n) is 18.3. The second kappa shape index (κ2) is 6.55. The molecule has 2 aliphatic rings. The Kier molecular flexibility index (Phi) is 4.21. The lowest BCUT2D eigenvalue weighted by Gasteiger charge is -2.36. The Labute approximate surface area is 175 Å². The number of aryl methyl sites for hydroxylation is 2. The number of hydrogen-bond donors (Lipinski definition) is 0. The second-order valence-corrected chi connectivity index (χ2v) is 9.08. The zero-order chi connectivity index (χ0) is 20.3. The van der Waals surface area contributed by atoms with Gasteiger partial charge in [0.25, 0.3) is 0 Å². The molecule has 2 aromatic carbocycles. The summed E-state index contributed by atoms with van der Waals surface area (Å²) in [6.45, 7) is 14.0. The highest BCUT2D eigenvalue weighted by Gasteiger charge is 2.50. The van der Waals surface area contributed by atoms with Crippen molar-refractivity contribution in [1.82, 2.24) is 0 Å². The molecule has 1 heteroatoms. The van der Waals surface area contributed by atoms with Crippen LogP contribution in [0.15, 0.2) is 49.0 Å². The third-order valence-corrected chi connectivity index (χ3v) is 7.79. The largest absolute Gasteiger partial charge is 0.214 e. The summed E-state index contributed by atoms with van der Waals surface area (Å²) >= 11 is 0. The quantitative estimate of drug-likeness (QED) is 0.424. The van der Waals surface area contributed by atoms with Crippen LogP contribution in [0.4, 0.5) is 0 Å². The molecule has 29 heavy (non-hydrogen) atoms. The lowest BCUT2D eigenvalue weighted by Crippen LogP contribution is -2.59. The first-order valence-electron chi connectivity index (χ1n) is 11.4. The predicted molar refractivity (Wildman–Crippen MR) is 123 cm³/mol. The topological polar surface area (TPSA) is 3.88 Å². The molecule has 0 amide bonds. The Morgan fingerprint density at radius 3 is 2.52 bits per heavy atom. The Morgan fingerprint density at radius 1 is 1.03 bits per heavy atom. The van der Waals surface area contributed by atoms with Gasteiger partial charge < -0.3 is 0 Å². The average molecular weight is 383 g/mol. The summed E-state index contributed by atoms with van der Waals surface area (Å²) in [5.41, 5.74) is 11.1. The minimum Gasteiger partial charge on any atom is -0.181 e. The molecule has 0 saturated carbocycles. The van der Waals surface area contributed by atoms with Crippen LogP contribution in [-0.2, 0) is 12.0 Å². The highest BCUT2D eigenvalue weighted by molar-refractivity contribution is 5.88. The first-order valence-corrected chi connectivity index (χ1v) is 11.4. The van der Waals surface area contributed by atoms with Crippen molar-refractivity contribution in [2.45, 2.75) is 71.3 Å². The molecule has 0 radical (unpaired) electrons. The standard InChI is InChI=1S/C28H32N/c1-6-21(7-2)23-15-18(4)27-19(5)28(8-3)14-13-20-9-10-22-11-12-25(24(27)17-23)29(28)26(22)16-20/h9-12,15-17,21H,5-8,13-14H2,1-4H3/q+1. The van der Waals surface area contributed by atoms with Gasteiger partial charge in [0.2, 0.25) is 11.2 Å². The highest BCUT2D eigenvalue weighted by Crippen LogP contribution is 2.48. The highest BCUT2D eigenvalue weighted by atomic mass is 15.1. The van der Waals surface area contributed by atoms with Crippen LogP contribution in [0.3, 0.4) is 0 Å². The fourth-order valence-electron chi connectivity index (χ4n) is 6.07. The van der Waals surface area contributed by atoms with Gasteiger partial charge in [-0.3, -0.25) is 0 Å². The van der Waals surface area contributed by atoms with Crippen molar-refractivity contribution in [3.63, 3.8) is 0 Å². The van der Waals surface area contributed by atoms with E-state index in [0.717, 1.165) is 19.3 Å². The Hall–Kier alpha value is -2.41. The van der Waals surface area contributed by atoms with Crippen molar-refractivity contribution in [2.75, 3.05) is 0 Å². The van der Waals surface area contributed by atoms with Crippen molar-refractivity contribution >= 4 is 16.5 Å². The van der Waals surface area contributed by atoms with Crippen LogP contribution >= 0.6 is 0 Å². The summed E-state index contributed by atoms with van der Waals surface area (Å²) in [7, 11) is 0. The van der Waals surface area contributed by atoms with E-state index < -0.39 is 0 Å². The van der Waals surface area contributed by atoms with Crippen LogP contribution in [0.5, 0.6) is 0 Å². The van der Waals surface area contributed by atoms with Crippen LogP contribution in [0, 0.1) is 6.92 Å². The van der Waals surface area contributed by atoms with E-state index in [1.165, 1.54) is 62.8 Å². The van der Waals surface area contributed by atoms with Crippen LogP contribution in [0.25, 0.3) is 27.7 Å². The molecule has 1 nitrogen and oxygen atoms in total. The average Bonchev–Trinajstić information content (AvgIpc) is 2.88. The third-order valence-electron chi connectivity index (χ3n) is 7.79. The van der Waals surface area contributed by atoms with E-state index in [0.29, 0.717) is 5.92 Å². The molecule has 3 aromatic rings. The van der Waals surface area contributed by atoms with Gasteiger partial charge in [-0.15, -0.1) is 0 Å². The summed E-state index contributed by atoms with van der Waals surface area (Å²) in [5, 5.41) is 1.33. The SMILES string of the molecule is C=C1c2c(C)cc(C(CC)CC)cc2-c2ccc3ccc4cc3[n+]2C1(CC)CC4. The molecule has 0 fully saturated rings. The zero-order valence-corrected chi connectivity index (χ0v) is 18.3. The molecule has 2 aliphatic heterocycles. The van der Waals surface area contributed by atoms with Crippen LogP contribution in [0.2, 0.25) is 0 Å². The fraction of sp³-hybridized carbons (Fsp3) is 0.393. The summed E-state index contributed by atoms with van der Waals surface area (Å²) < 4.78 is 2.65. The maximum atomic E-state index is 4.75. The van der Waals surface area contributed by atoms with Gasteiger partial charge in [-0.2, -0.15) is 4.57 Å². The van der Waals surface area contributed by atoms with Gasteiger partial charge in [0.05, 0.1) is 5.56 Å². The second-order valence-electron chi connectivity index (χ2n) is 9.08. The molecule has 1 unspecified atom stereocenters. The Balaban J connectivity index is 1.90. The number of rotatable bonds is 4. The van der Waals surface area contributed by atoms with Crippen molar-refractivity contribution in [3.8, 4) is 11.3 Å². The molecule has 5 rings (SSSR count). The molecule has 3 heterocycles. The smallest absolute Gasteiger partial charge is 0.181 e. The molecule has 0 N–H and O–H groups in total. The summed E-state index contributed by atoms with van der Waals surface area (Å²) in [5.74, 6) is 0.626. The first-order chi connectivity index (χ1) is 14.0. The van der Waals surface area contributed by atoms with Gasteiger partial charge in [-0.05, 0) is 67.0 Å². The van der Waals surface area contributed by atoms with Gasteiger partial charge in [-0.1, -0.05) is 39.5 Å². The van der Waals surface area contributed by atoms with Crippen molar-refractivity contribution in [2.24, 2.45) is 0 Å². The molecule has 0 aliphatic carbocycles. The maximum absolute atomic E-state index is 4.75. The van der Waals surface area contributed by atoms with E-state index in [1.54, 1.807) is 0 Å². The Bertz CT molecular complexity index is 1150. The van der Waals surface area contributed by atoms with E-state index in [9.17, 15) is 0 Å². The van der Waals surface area contributed by atoms with E-state index in [2.05, 4.69) is 74.7 Å². The minimum atomic E-state index is -0.0286. The van der Waals surface area contributed by atoms with Crippen molar-refractivity contribution in [3.05, 3.63) is 71.3 Å². The fourth-order valence-corrected chi connectivity index (χ4v) is 6.07. The monoisotopic (exact) mass is 382 g/mol. The van der Waals surface area contributed by atoms with E-state index in [-0.39, 0.29) is 5.54 Å². The normalized spacial score (nSPS) is 19.7. The maximum Gasteiger partial charge on any atom is 0.214 e. The summed E-state index contributed by atoms with van der Waals surface area (Å²) in [6, 6.07) is 16.6. The number of fused-ring (bicyclic) bond motifs is 3. The predicted octanol–water partition coefficient (Wildman–Crippen LogP) is 7.08. The molecular formula is C28H32N+. The van der Waals surface area contributed by atoms with E-state index in [1.807, 2.05) is 0 Å². The van der Waals surface area contributed by atoms with Gasteiger partial charge >= 0.3 is 0 Å². The van der Waals surface area contributed by atoms with Crippen LogP contribution in [-0.4, -0.2) is 0 Å². The molecule has 2 bridgehead atoms. The first kappa shape index (κ1) is 18.6. The molecule has 1 aromatic heterocycles. The number of nitrogens with zero attached hydrogens (tertiary/aromatic N) is 1. The lowest BCUT2D eigenvalue weighted by atomic mass is 9.72. The molecule has 0 saturated heterocycles. The third kappa shape index (κ3) is 2.43. The minimum absolute atomic E-state index is 0.0286. The number of benzene rings is 2. The van der Waals surface area contributed by atoms with Gasteiger partial charge in [0.1, 0.15) is 0 Å². The van der Waals surface area contributed by atoms with E-state index in [4.69, 9.17) is 6.58 Å².